The number of esters is 1. The predicted molar refractivity (Wildman–Crippen MR) is 128 cm³/mol. The topological polar surface area (TPSA) is 159 Å². The van der Waals surface area contributed by atoms with Crippen molar-refractivity contribution in [2.45, 2.75) is 48.4 Å². The third-order valence-electron chi connectivity index (χ3n) is 5.82. The van der Waals surface area contributed by atoms with Crippen molar-refractivity contribution >= 4 is 29.5 Å². The van der Waals surface area contributed by atoms with E-state index in [9.17, 15) is 33.3 Å². The summed E-state index contributed by atoms with van der Waals surface area (Å²) in [6, 6.07) is 11.9. The Labute approximate surface area is 215 Å². The first kappa shape index (κ1) is 27.8. The van der Waals surface area contributed by atoms with E-state index in [1.165, 1.54) is 4.90 Å². The van der Waals surface area contributed by atoms with Crippen molar-refractivity contribution in [3.63, 3.8) is 0 Å². The number of pyridine rings is 1. The average molecular weight is 533 g/mol. The largest absolute Gasteiger partial charge is 0.490 e. The van der Waals surface area contributed by atoms with Crippen LogP contribution in [0.4, 0.5) is 19.0 Å². The quantitative estimate of drug-likeness (QED) is 0.404. The highest BCUT2D eigenvalue weighted by atomic mass is 32.2. The lowest BCUT2D eigenvalue weighted by Gasteiger charge is -2.37. The number of piperidine rings is 1. The third kappa shape index (κ3) is 6.13. The molecule has 0 saturated carbocycles. The van der Waals surface area contributed by atoms with Crippen molar-refractivity contribution in [2.24, 2.45) is 11.5 Å². The van der Waals surface area contributed by atoms with Crippen LogP contribution in [0.25, 0.3) is 0 Å². The van der Waals surface area contributed by atoms with Crippen LogP contribution in [0.1, 0.15) is 40.8 Å². The van der Waals surface area contributed by atoms with Crippen LogP contribution in [0.5, 0.6) is 0 Å². The molecule has 2 heterocycles. The lowest BCUT2D eigenvalue weighted by molar-refractivity contribution is -0.205. The minimum atomic E-state index is -5.19. The van der Waals surface area contributed by atoms with Crippen LogP contribution >= 0.6 is 11.8 Å². The highest BCUT2D eigenvalue weighted by Crippen LogP contribution is 2.40. The van der Waals surface area contributed by atoms with Crippen LogP contribution in [0, 0.1) is 22.7 Å². The van der Waals surface area contributed by atoms with Gasteiger partial charge in [0.15, 0.2) is 0 Å². The maximum absolute atomic E-state index is 12.8. The number of alkyl halides is 3. The van der Waals surface area contributed by atoms with Crippen LogP contribution in [0.3, 0.4) is 0 Å². The summed E-state index contributed by atoms with van der Waals surface area (Å²) in [5.41, 5.74) is 12.7. The number of benzene rings is 1. The Morgan fingerprint density at radius 2 is 1.89 bits per heavy atom. The van der Waals surface area contributed by atoms with Gasteiger partial charge in [-0.3, -0.25) is 4.79 Å². The van der Waals surface area contributed by atoms with Crippen LogP contribution in [0.2, 0.25) is 0 Å². The van der Waals surface area contributed by atoms with E-state index in [2.05, 4.69) is 15.8 Å². The van der Waals surface area contributed by atoms with Crippen molar-refractivity contribution in [3.8, 4) is 12.1 Å². The molecule has 0 radical (unpaired) electrons. The molecular weight excluding hydrogens is 509 g/mol. The number of carbonyl (C=O) groups excluding carboxylic acids is 2. The molecule has 1 aliphatic rings. The van der Waals surface area contributed by atoms with Gasteiger partial charge in [0, 0.05) is 12.6 Å². The summed E-state index contributed by atoms with van der Waals surface area (Å²) in [5, 5.41) is 19.1. The van der Waals surface area contributed by atoms with Gasteiger partial charge in [-0.25, -0.2) is 9.78 Å². The van der Waals surface area contributed by atoms with Gasteiger partial charge in [0.2, 0.25) is 5.91 Å². The van der Waals surface area contributed by atoms with E-state index in [0.717, 1.165) is 11.8 Å². The molecule has 1 amide bonds. The number of halogens is 3. The molecule has 1 fully saturated rings. The summed E-state index contributed by atoms with van der Waals surface area (Å²) >= 11 is 0.940. The van der Waals surface area contributed by atoms with E-state index in [-0.39, 0.29) is 47.9 Å². The Bertz CT molecular complexity index is 1260. The zero-order chi connectivity index (χ0) is 27.3. The fourth-order valence-electron chi connectivity index (χ4n) is 3.98. The molecule has 3 atom stereocenters. The number of nitrogens with zero attached hydrogens (tertiary/aromatic N) is 4. The van der Waals surface area contributed by atoms with Crippen LogP contribution in [-0.2, 0) is 20.7 Å². The molecule has 0 aliphatic carbocycles. The molecule has 0 spiro atoms. The first-order valence-corrected chi connectivity index (χ1v) is 12.1. The van der Waals surface area contributed by atoms with Gasteiger partial charge in [0.25, 0.3) is 0 Å². The first-order valence-electron chi connectivity index (χ1n) is 11.2. The molecule has 1 aromatic heterocycles. The van der Waals surface area contributed by atoms with E-state index in [1.807, 2.05) is 6.07 Å². The van der Waals surface area contributed by atoms with Crippen molar-refractivity contribution in [1.82, 2.24) is 4.98 Å². The van der Waals surface area contributed by atoms with Crippen LogP contribution in [-0.4, -0.2) is 48.3 Å². The number of nitrogens with two attached hydrogens (primary N) is 2. The summed E-state index contributed by atoms with van der Waals surface area (Å²) in [5.74, 6) is -2.94. The monoisotopic (exact) mass is 532 g/mol. The Hall–Kier alpha value is -3.81. The third-order valence-corrected chi connectivity index (χ3v) is 7.07. The molecule has 1 saturated heterocycles. The van der Waals surface area contributed by atoms with Crippen molar-refractivity contribution in [1.29, 1.82) is 10.5 Å². The molecule has 0 bridgehead atoms. The zero-order valence-corrected chi connectivity index (χ0v) is 20.5. The molecule has 37 heavy (non-hydrogen) atoms. The van der Waals surface area contributed by atoms with Gasteiger partial charge in [-0.15, -0.1) is 0 Å². The summed E-state index contributed by atoms with van der Waals surface area (Å²) in [7, 11) is 0. The molecule has 0 unspecified atom stereocenters. The highest BCUT2D eigenvalue weighted by molar-refractivity contribution is 8.00. The molecule has 3 rings (SSSR count). The molecule has 9 nitrogen and oxygen atoms in total. The Morgan fingerprint density at radius 3 is 2.43 bits per heavy atom. The number of amides is 1. The number of rotatable bonds is 7. The van der Waals surface area contributed by atoms with Gasteiger partial charge < -0.3 is 21.1 Å². The summed E-state index contributed by atoms with van der Waals surface area (Å²) in [4.78, 5) is 29.8. The number of nitriles is 2. The molecular formula is C24H23F3N6O3S. The lowest BCUT2D eigenvalue weighted by Crippen LogP contribution is -2.54. The fourth-order valence-corrected chi connectivity index (χ4v) is 5.04. The number of ether oxygens (including phenoxy) is 1. The van der Waals surface area contributed by atoms with Gasteiger partial charge in [-0.1, -0.05) is 49.0 Å². The number of thioether (sulfide) groups is 1. The lowest BCUT2D eigenvalue weighted by atomic mass is 9.99. The van der Waals surface area contributed by atoms with Gasteiger partial charge in [0.1, 0.15) is 34.3 Å². The Balaban J connectivity index is 2.06. The second-order valence-electron chi connectivity index (χ2n) is 8.20. The van der Waals surface area contributed by atoms with E-state index < -0.39 is 35.4 Å². The Morgan fingerprint density at radius 1 is 1.24 bits per heavy atom. The van der Waals surface area contributed by atoms with Crippen molar-refractivity contribution < 1.29 is 27.5 Å². The van der Waals surface area contributed by atoms with E-state index in [0.29, 0.717) is 11.1 Å². The first-order chi connectivity index (χ1) is 17.5. The summed E-state index contributed by atoms with van der Waals surface area (Å²) < 4.78 is 42.9. The summed E-state index contributed by atoms with van der Waals surface area (Å²) in [6.07, 6.45) is -6.08. The molecule has 1 aromatic carbocycles. The van der Waals surface area contributed by atoms with Crippen LogP contribution < -0.4 is 16.4 Å². The molecule has 194 valence electrons. The maximum atomic E-state index is 12.8. The normalized spacial score (nSPS) is 18.4. The van der Waals surface area contributed by atoms with Crippen molar-refractivity contribution in [3.05, 3.63) is 52.6 Å². The van der Waals surface area contributed by atoms with E-state index in [1.54, 1.807) is 37.3 Å². The molecule has 2 aromatic rings. The van der Waals surface area contributed by atoms with Gasteiger partial charge >= 0.3 is 12.1 Å². The van der Waals surface area contributed by atoms with Crippen molar-refractivity contribution in [2.75, 3.05) is 18.0 Å². The maximum Gasteiger partial charge on any atom is 0.490 e. The van der Waals surface area contributed by atoms with Gasteiger partial charge in [0.05, 0.1) is 17.7 Å². The number of hydrogen-bond acceptors (Lipinski definition) is 9. The molecule has 4 N–H and O–H groups in total. The SMILES string of the molecule is CCc1c(C#N)c(S[C@@H](C(N)=O)c2ccccc2)nc(N2CC[C@@H](N)[C@H](OC(=O)C(F)(F)F)C2)c1C#N. The second kappa shape index (κ2) is 11.5. The second-order valence-corrected chi connectivity index (χ2v) is 9.29. The number of primary amides is 1. The molecule has 1 aliphatic heterocycles. The predicted octanol–water partition coefficient (Wildman–Crippen LogP) is 2.72. The zero-order valence-electron chi connectivity index (χ0n) is 19.7. The fraction of sp³-hybridized carbons (Fsp3) is 0.375. The summed E-state index contributed by atoms with van der Waals surface area (Å²) in [6.45, 7) is 1.69. The number of anilines is 1. The minimum Gasteiger partial charge on any atom is -0.452 e. The Kier molecular flexibility index (Phi) is 8.63. The average Bonchev–Trinajstić information content (AvgIpc) is 2.87. The minimum absolute atomic E-state index is 0.0649. The van der Waals surface area contributed by atoms with E-state index in [4.69, 9.17) is 11.5 Å². The van der Waals surface area contributed by atoms with E-state index >= 15 is 0 Å². The number of aromatic nitrogens is 1. The van der Waals surface area contributed by atoms with Gasteiger partial charge in [-0.05, 0) is 24.0 Å². The standard InChI is InChI=1S/C24H23F3N6O3S/c1-2-14-15(10-28)21(33-9-8-17(30)18(12-33)36-23(35)24(25,26)27)32-22(16(14)11-29)37-19(20(31)34)13-6-4-3-5-7-13/h3-7,17-19H,2,8-9,12,30H2,1H3,(H2,31,34)/t17-,18-,19-/m1/s1. The highest BCUT2D eigenvalue weighted by Gasteiger charge is 2.44. The molecule has 13 heteroatoms. The number of carbonyl (C=O) groups is 2. The van der Waals surface area contributed by atoms with Crippen LogP contribution in [0.15, 0.2) is 35.4 Å². The smallest absolute Gasteiger partial charge is 0.452 e. The van der Waals surface area contributed by atoms with Gasteiger partial charge in [-0.2, -0.15) is 23.7 Å². The number of hydrogen-bond donors (Lipinski definition) is 2.